The molecule has 10 heteroatoms. The lowest BCUT2D eigenvalue weighted by Gasteiger charge is -2.29. The Labute approximate surface area is 170 Å². The predicted molar refractivity (Wildman–Crippen MR) is 99.8 cm³/mol. The highest BCUT2D eigenvalue weighted by Crippen LogP contribution is 2.50. The topological polar surface area (TPSA) is 80.7 Å². The summed E-state index contributed by atoms with van der Waals surface area (Å²) >= 11 is 0. The predicted octanol–water partition coefficient (Wildman–Crippen LogP) is 3.17. The molecule has 2 aliphatic rings. The number of halogens is 3. The van der Waals surface area contributed by atoms with Crippen molar-refractivity contribution in [3.05, 3.63) is 52.6 Å². The number of fused-ring (bicyclic) bond motifs is 2. The Balaban J connectivity index is 1.68. The first kappa shape index (κ1) is 20.4. The van der Waals surface area contributed by atoms with Crippen LogP contribution >= 0.6 is 0 Å². The van der Waals surface area contributed by atoms with Crippen LogP contribution in [0.2, 0.25) is 0 Å². The van der Waals surface area contributed by atoms with E-state index in [0.29, 0.717) is 5.69 Å². The van der Waals surface area contributed by atoms with E-state index in [1.54, 1.807) is 24.9 Å². The molecular formula is C20H19F3N4O3. The summed E-state index contributed by atoms with van der Waals surface area (Å²) in [6, 6.07) is 2.61. The van der Waals surface area contributed by atoms with Crippen molar-refractivity contribution >= 4 is 17.3 Å². The average molecular weight is 420 g/mol. The van der Waals surface area contributed by atoms with Crippen molar-refractivity contribution in [2.45, 2.75) is 43.8 Å². The van der Waals surface area contributed by atoms with Crippen LogP contribution in [0.3, 0.4) is 0 Å². The zero-order valence-corrected chi connectivity index (χ0v) is 16.1. The van der Waals surface area contributed by atoms with Crippen LogP contribution in [-0.2, 0) is 22.8 Å². The summed E-state index contributed by atoms with van der Waals surface area (Å²) in [5, 5.41) is 17.1. The molecule has 0 saturated carbocycles. The fraction of sp³-hybridized carbons (Fsp3) is 0.450. The molecule has 3 heterocycles. The Bertz CT molecular complexity index is 1040. The number of anilines is 1. The third-order valence-corrected chi connectivity index (χ3v) is 5.74. The Hall–Kier alpha value is -2.90. The number of aliphatic hydroxyl groups is 1. The molecule has 2 aliphatic heterocycles. The fourth-order valence-corrected chi connectivity index (χ4v) is 4.48. The molecule has 0 aliphatic carbocycles. The van der Waals surface area contributed by atoms with Gasteiger partial charge in [-0.15, -0.1) is 0 Å². The molecule has 5 atom stereocenters. The third kappa shape index (κ3) is 3.34. The van der Waals surface area contributed by atoms with Gasteiger partial charge in [-0.25, -0.2) is 4.85 Å². The number of aromatic nitrogens is 2. The van der Waals surface area contributed by atoms with Gasteiger partial charge in [-0.2, -0.15) is 18.3 Å². The molecule has 0 spiro atoms. The average Bonchev–Trinajstić information content (AvgIpc) is 3.31. The maximum Gasteiger partial charge on any atom is 0.416 e. The van der Waals surface area contributed by atoms with Crippen molar-refractivity contribution in [3.63, 3.8) is 0 Å². The highest BCUT2D eigenvalue weighted by Gasteiger charge is 2.57. The van der Waals surface area contributed by atoms with Crippen LogP contribution in [0.15, 0.2) is 24.4 Å². The van der Waals surface area contributed by atoms with Crippen LogP contribution in [0, 0.1) is 19.4 Å². The molecule has 30 heavy (non-hydrogen) atoms. The number of benzene rings is 1. The van der Waals surface area contributed by atoms with Crippen LogP contribution in [-0.4, -0.2) is 39.1 Å². The first-order chi connectivity index (χ1) is 14.1. The molecule has 4 rings (SSSR count). The number of aryl methyl sites for hydroxylation is 2. The maximum atomic E-state index is 13.2. The Morgan fingerprint density at radius 3 is 2.77 bits per heavy atom. The van der Waals surface area contributed by atoms with Gasteiger partial charge >= 0.3 is 6.18 Å². The van der Waals surface area contributed by atoms with E-state index in [0.717, 1.165) is 23.8 Å². The lowest BCUT2D eigenvalue weighted by atomic mass is 9.74. The van der Waals surface area contributed by atoms with Gasteiger partial charge in [-0.1, -0.05) is 12.1 Å². The molecule has 1 aromatic carbocycles. The monoisotopic (exact) mass is 420 g/mol. The van der Waals surface area contributed by atoms with E-state index in [-0.39, 0.29) is 17.8 Å². The van der Waals surface area contributed by atoms with Crippen molar-refractivity contribution in [1.82, 2.24) is 9.78 Å². The summed E-state index contributed by atoms with van der Waals surface area (Å²) in [5.41, 5.74) is 0.191. The molecule has 1 aromatic heterocycles. The smallest absolute Gasteiger partial charge is 0.390 e. The molecule has 2 saturated heterocycles. The number of nitrogens with zero attached hydrogens (tertiary/aromatic N) is 3. The van der Waals surface area contributed by atoms with Gasteiger partial charge in [0.25, 0.3) is 0 Å². The number of amides is 1. The number of alkyl halides is 3. The number of ether oxygens (including phenoxy) is 1. The molecule has 2 N–H and O–H groups in total. The summed E-state index contributed by atoms with van der Waals surface area (Å²) in [6.45, 7) is 8.99. The van der Waals surface area contributed by atoms with Gasteiger partial charge in [0.05, 0.1) is 42.1 Å². The SMILES string of the molecule is [C-]#[N+]c1ccc(C(F)(F)F)cc1NC(=O)[C@H]1[C@H](c2cn(C)nc2C)[C@@H]2O[C@H]1C[C@H]2O. The van der Waals surface area contributed by atoms with Gasteiger partial charge in [0.2, 0.25) is 11.6 Å². The first-order valence-electron chi connectivity index (χ1n) is 9.33. The number of hydrogen-bond donors (Lipinski definition) is 2. The minimum Gasteiger partial charge on any atom is -0.390 e. The van der Waals surface area contributed by atoms with E-state index >= 15 is 0 Å². The van der Waals surface area contributed by atoms with Crippen LogP contribution in [0.25, 0.3) is 4.85 Å². The minimum absolute atomic E-state index is 0.0884. The van der Waals surface area contributed by atoms with Crippen molar-refractivity contribution < 1.29 is 27.8 Å². The van der Waals surface area contributed by atoms with Gasteiger partial charge in [0.1, 0.15) is 0 Å². The molecule has 0 unspecified atom stereocenters. The number of rotatable bonds is 3. The minimum atomic E-state index is -4.60. The van der Waals surface area contributed by atoms with Crippen molar-refractivity contribution in [2.24, 2.45) is 13.0 Å². The Kier molecular flexibility index (Phi) is 4.83. The summed E-state index contributed by atoms with van der Waals surface area (Å²) < 4.78 is 46.7. The lowest BCUT2D eigenvalue weighted by Crippen LogP contribution is -2.41. The number of hydrogen-bond acceptors (Lipinski definition) is 4. The van der Waals surface area contributed by atoms with Crippen LogP contribution in [0.4, 0.5) is 24.5 Å². The quantitative estimate of drug-likeness (QED) is 0.748. The highest BCUT2D eigenvalue weighted by molar-refractivity contribution is 5.97. The van der Waals surface area contributed by atoms with E-state index in [9.17, 15) is 23.1 Å². The molecule has 1 amide bonds. The zero-order valence-electron chi connectivity index (χ0n) is 16.1. The number of nitrogens with one attached hydrogen (secondary N) is 1. The van der Waals surface area contributed by atoms with Crippen LogP contribution < -0.4 is 5.32 Å². The van der Waals surface area contributed by atoms with Crippen LogP contribution in [0.1, 0.15) is 29.2 Å². The molecule has 2 bridgehead atoms. The standard InChI is InChI=1S/C20H19F3N4O3/c1-9-11(8-27(3)26-9)16-17(15-7-14(28)18(16)30-15)19(29)25-13-6-10(20(21,22)23)4-5-12(13)24-2/h4-6,8,14-18,28H,7H2,1,3H3,(H,25,29)/t14-,15+,16+,17-,18-/m1/s1. The summed E-state index contributed by atoms with van der Waals surface area (Å²) in [5.74, 6) is -1.77. The van der Waals surface area contributed by atoms with Gasteiger partial charge in [-0.3, -0.25) is 9.48 Å². The van der Waals surface area contributed by atoms with Crippen molar-refractivity contribution in [2.75, 3.05) is 5.32 Å². The second-order valence-electron chi connectivity index (χ2n) is 7.67. The summed E-state index contributed by atoms with van der Waals surface area (Å²) in [6.07, 6.45) is -4.50. The third-order valence-electron chi connectivity index (χ3n) is 5.74. The molecule has 0 radical (unpaired) electrons. The van der Waals surface area contributed by atoms with E-state index in [1.807, 2.05) is 0 Å². The molecule has 158 valence electrons. The molecule has 2 fully saturated rings. The second kappa shape index (κ2) is 7.11. The normalized spacial score (nSPS) is 27.8. The zero-order chi connectivity index (χ0) is 21.8. The summed E-state index contributed by atoms with van der Waals surface area (Å²) in [4.78, 5) is 16.4. The van der Waals surface area contributed by atoms with Crippen molar-refractivity contribution in [3.8, 4) is 0 Å². The maximum absolute atomic E-state index is 13.2. The first-order valence-corrected chi connectivity index (χ1v) is 9.33. The number of carbonyl (C=O) groups is 1. The fourth-order valence-electron chi connectivity index (χ4n) is 4.48. The van der Waals surface area contributed by atoms with E-state index < -0.39 is 47.8 Å². The van der Waals surface area contributed by atoms with E-state index in [1.165, 1.54) is 0 Å². The van der Waals surface area contributed by atoms with Crippen LogP contribution in [0.5, 0.6) is 0 Å². The lowest BCUT2D eigenvalue weighted by molar-refractivity contribution is -0.137. The van der Waals surface area contributed by atoms with Gasteiger partial charge in [0.15, 0.2) is 0 Å². The van der Waals surface area contributed by atoms with Gasteiger partial charge in [0, 0.05) is 31.3 Å². The number of aliphatic hydroxyl groups excluding tert-OH is 1. The van der Waals surface area contributed by atoms with Gasteiger partial charge < -0.3 is 15.2 Å². The molecule has 7 nitrogen and oxygen atoms in total. The summed E-state index contributed by atoms with van der Waals surface area (Å²) in [7, 11) is 1.74. The van der Waals surface area contributed by atoms with E-state index in [2.05, 4.69) is 15.3 Å². The van der Waals surface area contributed by atoms with Gasteiger partial charge in [-0.05, 0) is 18.6 Å². The van der Waals surface area contributed by atoms with Crippen molar-refractivity contribution in [1.29, 1.82) is 0 Å². The Morgan fingerprint density at radius 2 is 2.17 bits per heavy atom. The number of carbonyl (C=O) groups excluding carboxylic acids is 1. The highest BCUT2D eigenvalue weighted by atomic mass is 19.4. The molecular weight excluding hydrogens is 401 g/mol. The van der Waals surface area contributed by atoms with E-state index in [4.69, 9.17) is 11.3 Å². The second-order valence-corrected chi connectivity index (χ2v) is 7.67. The molecule has 2 aromatic rings. The largest absolute Gasteiger partial charge is 0.416 e. The Morgan fingerprint density at radius 1 is 1.43 bits per heavy atom.